The molecule has 1 heterocycles. The van der Waals surface area contributed by atoms with Crippen molar-refractivity contribution in [3.8, 4) is 0 Å². The van der Waals surface area contributed by atoms with E-state index in [1.165, 1.54) is 12.8 Å². The highest BCUT2D eigenvalue weighted by atomic mass is 15.1. The molecule has 1 fully saturated rings. The summed E-state index contributed by atoms with van der Waals surface area (Å²) in [4.78, 5) is 8.73. The fourth-order valence-electron chi connectivity index (χ4n) is 2.40. The third-order valence-electron chi connectivity index (χ3n) is 3.40. The highest BCUT2D eigenvalue weighted by Crippen LogP contribution is 2.20. The van der Waals surface area contributed by atoms with Crippen LogP contribution in [0, 0.1) is 6.92 Å². The number of aromatic nitrogens is 2. The van der Waals surface area contributed by atoms with Crippen molar-refractivity contribution < 1.29 is 0 Å². The standard InChI is InChI=1S/C13H21N5/c1-8(14)13-9(2)17-12(7-16-13)18-11-6-4-3-5-10(11)15/h7,10-11H,1,3-6,14-15H2,2H3,(H,17,18). The fraction of sp³-hybridized carbons (Fsp3) is 0.538. The van der Waals surface area contributed by atoms with Crippen molar-refractivity contribution in [3.05, 3.63) is 24.2 Å². The van der Waals surface area contributed by atoms with Gasteiger partial charge in [-0.1, -0.05) is 19.4 Å². The zero-order valence-corrected chi connectivity index (χ0v) is 10.8. The van der Waals surface area contributed by atoms with E-state index in [1.807, 2.05) is 6.92 Å². The first-order valence-electron chi connectivity index (χ1n) is 6.38. The fourth-order valence-corrected chi connectivity index (χ4v) is 2.40. The van der Waals surface area contributed by atoms with E-state index >= 15 is 0 Å². The summed E-state index contributed by atoms with van der Waals surface area (Å²) in [7, 11) is 0. The third kappa shape index (κ3) is 2.79. The molecule has 1 aliphatic rings. The minimum atomic E-state index is 0.199. The summed E-state index contributed by atoms with van der Waals surface area (Å²) in [6.45, 7) is 5.56. The van der Waals surface area contributed by atoms with Crippen LogP contribution >= 0.6 is 0 Å². The van der Waals surface area contributed by atoms with Gasteiger partial charge in [0, 0.05) is 12.1 Å². The molecule has 1 aromatic rings. The van der Waals surface area contributed by atoms with Crippen molar-refractivity contribution in [2.75, 3.05) is 5.32 Å². The van der Waals surface area contributed by atoms with Crippen LogP contribution in [0.15, 0.2) is 12.8 Å². The van der Waals surface area contributed by atoms with Crippen molar-refractivity contribution >= 4 is 11.5 Å². The van der Waals surface area contributed by atoms with Crippen molar-refractivity contribution in [2.24, 2.45) is 11.5 Å². The van der Waals surface area contributed by atoms with Crippen LogP contribution in [-0.4, -0.2) is 22.1 Å². The van der Waals surface area contributed by atoms with E-state index in [9.17, 15) is 0 Å². The summed E-state index contributed by atoms with van der Waals surface area (Å²) in [6, 6.07) is 0.490. The van der Waals surface area contributed by atoms with Gasteiger partial charge in [0.05, 0.1) is 17.6 Å². The van der Waals surface area contributed by atoms with Gasteiger partial charge in [-0.15, -0.1) is 0 Å². The Bertz CT molecular complexity index is 443. The lowest BCUT2D eigenvalue weighted by Gasteiger charge is -2.29. The number of nitrogens with two attached hydrogens (primary N) is 2. The zero-order chi connectivity index (χ0) is 13.1. The van der Waals surface area contributed by atoms with Gasteiger partial charge in [0.25, 0.3) is 0 Å². The number of hydrogen-bond acceptors (Lipinski definition) is 5. The maximum absolute atomic E-state index is 6.10. The molecule has 5 nitrogen and oxygen atoms in total. The zero-order valence-electron chi connectivity index (χ0n) is 10.8. The predicted molar refractivity (Wildman–Crippen MR) is 73.8 cm³/mol. The Morgan fingerprint density at radius 1 is 1.44 bits per heavy atom. The van der Waals surface area contributed by atoms with Gasteiger partial charge in [-0.3, -0.25) is 0 Å². The molecule has 0 spiro atoms. The van der Waals surface area contributed by atoms with E-state index in [-0.39, 0.29) is 6.04 Å². The minimum Gasteiger partial charge on any atom is -0.397 e. The van der Waals surface area contributed by atoms with Crippen LogP contribution in [0.3, 0.4) is 0 Å². The van der Waals surface area contributed by atoms with Crippen LogP contribution < -0.4 is 16.8 Å². The number of nitrogens with zero attached hydrogens (tertiary/aromatic N) is 2. The first-order chi connectivity index (χ1) is 8.58. The second-order valence-corrected chi connectivity index (χ2v) is 4.91. The Balaban J connectivity index is 2.10. The van der Waals surface area contributed by atoms with Gasteiger partial charge in [0.1, 0.15) is 11.5 Å². The molecule has 5 heteroatoms. The molecule has 5 N–H and O–H groups in total. The Morgan fingerprint density at radius 3 is 2.78 bits per heavy atom. The van der Waals surface area contributed by atoms with Gasteiger partial charge in [-0.05, 0) is 19.8 Å². The quantitative estimate of drug-likeness (QED) is 0.751. The van der Waals surface area contributed by atoms with Gasteiger partial charge >= 0.3 is 0 Å². The monoisotopic (exact) mass is 247 g/mol. The molecule has 0 aromatic carbocycles. The van der Waals surface area contributed by atoms with Crippen molar-refractivity contribution in [1.29, 1.82) is 0 Å². The number of aryl methyl sites for hydroxylation is 1. The molecule has 0 aliphatic heterocycles. The first-order valence-corrected chi connectivity index (χ1v) is 6.38. The van der Waals surface area contributed by atoms with Crippen LogP contribution in [0.2, 0.25) is 0 Å². The van der Waals surface area contributed by atoms with Crippen LogP contribution in [0.4, 0.5) is 5.82 Å². The lowest BCUT2D eigenvalue weighted by molar-refractivity contribution is 0.403. The maximum atomic E-state index is 6.10. The van der Waals surface area contributed by atoms with Crippen molar-refractivity contribution in [2.45, 2.75) is 44.7 Å². The Morgan fingerprint density at radius 2 is 2.17 bits per heavy atom. The topological polar surface area (TPSA) is 89.8 Å². The highest BCUT2D eigenvalue weighted by molar-refractivity contribution is 5.59. The average molecular weight is 247 g/mol. The normalized spacial score (nSPS) is 23.7. The molecule has 2 rings (SSSR count). The number of rotatable bonds is 3. The van der Waals surface area contributed by atoms with E-state index in [2.05, 4.69) is 21.9 Å². The molecule has 18 heavy (non-hydrogen) atoms. The minimum absolute atomic E-state index is 0.199. The molecule has 0 amide bonds. The first kappa shape index (κ1) is 12.8. The SMILES string of the molecule is C=C(N)c1ncc(NC2CCCCC2N)nc1C. The second kappa shape index (κ2) is 5.35. The Hall–Kier alpha value is -1.62. The van der Waals surface area contributed by atoms with E-state index < -0.39 is 0 Å². The van der Waals surface area contributed by atoms with E-state index in [0.29, 0.717) is 17.4 Å². The second-order valence-electron chi connectivity index (χ2n) is 4.91. The molecule has 0 bridgehead atoms. The smallest absolute Gasteiger partial charge is 0.145 e. The number of nitrogens with one attached hydrogen (secondary N) is 1. The molecule has 98 valence electrons. The predicted octanol–water partition coefficient (Wildman–Crippen LogP) is 1.40. The lowest BCUT2D eigenvalue weighted by atomic mass is 9.91. The molecule has 1 aliphatic carbocycles. The van der Waals surface area contributed by atoms with E-state index in [1.54, 1.807) is 6.20 Å². The molecule has 0 radical (unpaired) electrons. The van der Waals surface area contributed by atoms with Crippen LogP contribution in [0.1, 0.15) is 37.1 Å². The van der Waals surface area contributed by atoms with Gasteiger partial charge in [-0.2, -0.15) is 0 Å². The summed E-state index contributed by atoms with van der Waals surface area (Å²) in [5, 5.41) is 3.37. The summed E-state index contributed by atoms with van der Waals surface area (Å²) in [6.07, 6.45) is 6.29. The molecular weight excluding hydrogens is 226 g/mol. The van der Waals surface area contributed by atoms with Gasteiger partial charge in [0.2, 0.25) is 0 Å². The summed E-state index contributed by atoms with van der Waals surface area (Å²) in [5.41, 5.74) is 13.6. The molecule has 0 saturated heterocycles. The summed E-state index contributed by atoms with van der Waals surface area (Å²) >= 11 is 0. The van der Waals surface area contributed by atoms with Crippen LogP contribution in [0.25, 0.3) is 5.70 Å². The van der Waals surface area contributed by atoms with Gasteiger partial charge < -0.3 is 16.8 Å². The molecule has 1 saturated carbocycles. The molecule has 2 atom stereocenters. The summed E-state index contributed by atoms with van der Waals surface area (Å²) < 4.78 is 0. The van der Waals surface area contributed by atoms with Crippen LogP contribution in [0.5, 0.6) is 0 Å². The van der Waals surface area contributed by atoms with E-state index in [0.717, 1.165) is 24.4 Å². The Labute approximate surface area is 108 Å². The maximum Gasteiger partial charge on any atom is 0.145 e. The van der Waals surface area contributed by atoms with Crippen LogP contribution in [-0.2, 0) is 0 Å². The van der Waals surface area contributed by atoms with Gasteiger partial charge in [-0.25, -0.2) is 9.97 Å². The number of hydrogen-bond donors (Lipinski definition) is 3. The van der Waals surface area contributed by atoms with Gasteiger partial charge in [0.15, 0.2) is 0 Å². The van der Waals surface area contributed by atoms with Crippen molar-refractivity contribution in [3.63, 3.8) is 0 Å². The lowest BCUT2D eigenvalue weighted by Crippen LogP contribution is -2.42. The Kier molecular flexibility index (Phi) is 3.81. The molecular formula is C13H21N5. The molecule has 1 aromatic heterocycles. The number of anilines is 1. The third-order valence-corrected chi connectivity index (χ3v) is 3.40. The average Bonchev–Trinajstić information content (AvgIpc) is 2.32. The highest BCUT2D eigenvalue weighted by Gasteiger charge is 2.22. The largest absolute Gasteiger partial charge is 0.397 e. The summed E-state index contributed by atoms with van der Waals surface area (Å²) in [5.74, 6) is 0.764. The van der Waals surface area contributed by atoms with E-state index in [4.69, 9.17) is 11.5 Å². The van der Waals surface area contributed by atoms with Crippen molar-refractivity contribution in [1.82, 2.24) is 9.97 Å². The molecule has 2 unspecified atom stereocenters.